The molecule has 16 heavy (non-hydrogen) atoms. The minimum Gasteiger partial charge on any atom is -0.462 e. The number of carbonyl (C=O) groups is 1. The Balaban J connectivity index is 2.64. The van der Waals surface area contributed by atoms with Crippen molar-refractivity contribution in [1.29, 1.82) is 0 Å². The van der Waals surface area contributed by atoms with Crippen molar-refractivity contribution >= 4 is 28.5 Å². The Morgan fingerprint density at radius 1 is 1.50 bits per heavy atom. The SMILES string of the molecule is CCOC(=O)c1snc2c(=O)[nH]c(C)nc12. The quantitative estimate of drug-likeness (QED) is 0.786. The number of aryl methyl sites for hydroxylation is 1. The summed E-state index contributed by atoms with van der Waals surface area (Å²) in [5, 5.41) is 0. The van der Waals surface area contributed by atoms with Crippen molar-refractivity contribution in [3.63, 3.8) is 0 Å². The summed E-state index contributed by atoms with van der Waals surface area (Å²) in [4.78, 5) is 29.9. The van der Waals surface area contributed by atoms with Crippen LogP contribution in [0.4, 0.5) is 0 Å². The highest BCUT2D eigenvalue weighted by Gasteiger charge is 2.18. The number of hydrogen-bond donors (Lipinski definition) is 1. The molecular formula is C9H9N3O3S. The van der Waals surface area contributed by atoms with Crippen LogP contribution in [-0.2, 0) is 4.74 Å². The maximum atomic E-state index is 11.5. The number of nitrogens with one attached hydrogen (secondary N) is 1. The third-order valence-corrected chi connectivity index (χ3v) is 2.73. The molecule has 0 saturated carbocycles. The Hall–Kier alpha value is -1.76. The van der Waals surface area contributed by atoms with Gasteiger partial charge >= 0.3 is 5.97 Å². The summed E-state index contributed by atoms with van der Waals surface area (Å²) < 4.78 is 8.75. The minimum absolute atomic E-state index is 0.179. The first-order chi connectivity index (χ1) is 7.63. The summed E-state index contributed by atoms with van der Waals surface area (Å²) in [6.07, 6.45) is 0. The summed E-state index contributed by atoms with van der Waals surface area (Å²) in [6.45, 7) is 3.64. The van der Waals surface area contributed by atoms with E-state index in [1.54, 1.807) is 13.8 Å². The number of aromatic amines is 1. The van der Waals surface area contributed by atoms with E-state index in [-0.39, 0.29) is 22.6 Å². The lowest BCUT2D eigenvalue weighted by molar-refractivity contribution is 0.0534. The van der Waals surface area contributed by atoms with Gasteiger partial charge in [0.15, 0.2) is 10.4 Å². The molecule has 0 aliphatic rings. The number of aromatic nitrogens is 3. The number of carbonyl (C=O) groups excluding carboxylic acids is 1. The normalized spacial score (nSPS) is 10.6. The number of H-pyrrole nitrogens is 1. The molecular weight excluding hydrogens is 230 g/mol. The van der Waals surface area contributed by atoms with Gasteiger partial charge in [-0.05, 0) is 25.4 Å². The summed E-state index contributed by atoms with van der Waals surface area (Å²) in [7, 11) is 0. The van der Waals surface area contributed by atoms with E-state index in [0.717, 1.165) is 11.5 Å². The van der Waals surface area contributed by atoms with Crippen molar-refractivity contribution < 1.29 is 9.53 Å². The van der Waals surface area contributed by atoms with Gasteiger partial charge in [0.05, 0.1) is 6.61 Å². The van der Waals surface area contributed by atoms with E-state index < -0.39 is 5.97 Å². The van der Waals surface area contributed by atoms with E-state index >= 15 is 0 Å². The molecule has 0 aliphatic carbocycles. The third-order valence-electron chi connectivity index (χ3n) is 1.92. The fourth-order valence-corrected chi connectivity index (χ4v) is 2.00. The Morgan fingerprint density at radius 3 is 2.94 bits per heavy atom. The van der Waals surface area contributed by atoms with Crippen molar-refractivity contribution in [3.05, 3.63) is 21.1 Å². The smallest absolute Gasteiger partial charge is 0.352 e. The number of esters is 1. The molecule has 0 unspecified atom stereocenters. The predicted octanol–water partition coefficient (Wildman–Crippen LogP) is 0.865. The maximum Gasteiger partial charge on any atom is 0.352 e. The summed E-state index contributed by atoms with van der Waals surface area (Å²) in [5.74, 6) is -0.0456. The maximum absolute atomic E-state index is 11.5. The summed E-state index contributed by atoms with van der Waals surface area (Å²) in [6, 6.07) is 0. The van der Waals surface area contributed by atoms with Gasteiger partial charge in [0.1, 0.15) is 11.3 Å². The first-order valence-corrected chi connectivity index (χ1v) is 5.44. The van der Waals surface area contributed by atoms with Crippen molar-refractivity contribution in [3.8, 4) is 0 Å². The molecule has 84 valence electrons. The highest BCUT2D eigenvalue weighted by Crippen LogP contribution is 2.18. The van der Waals surface area contributed by atoms with Crippen LogP contribution < -0.4 is 5.56 Å². The number of ether oxygens (including phenoxy) is 1. The Morgan fingerprint density at radius 2 is 2.25 bits per heavy atom. The van der Waals surface area contributed by atoms with Gasteiger partial charge in [-0.3, -0.25) is 4.79 Å². The van der Waals surface area contributed by atoms with E-state index in [0.29, 0.717) is 11.3 Å². The lowest BCUT2D eigenvalue weighted by Gasteiger charge is -1.98. The van der Waals surface area contributed by atoms with Crippen LogP contribution in [0.1, 0.15) is 22.4 Å². The second-order valence-electron chi connectivity index (χ2n) is 3.08. The summed E-state index contributed by atoms with van der Waals surface area (Å²) >= 11 is 0.927. The molecule has 2 heterocycles. The Labute approximate surface area is 94.4 Å². The lowest BCUT2D eigenvalue weighted by Crippen LogP contribution is -2.10. The van der Waals surface area contributed by atoms with Crippen molar-refractivity contribution in [1.82, 2.24) is 14.3 Å². The van der Waals surface area contributed by atoms with Crippen LogP contribution in [0.3, 0.4) is 0 Å². The molecule has 0 atom stereocenters. The molecule has 0 aromatic carbocycles. The van der Waals surface area contributed by atoms with Gasteiger partial charge in [0.2, 0.25) is 0 Å². The molecule has 0 bridgehead atoms. The Kier molecular flexibility index (Phi) is 2.69. The van der Waals surface area contributed by atoms with Crippen molar-refractivity contribution in [2.45, 2.75) is 13.8 Å². The largest absolute Gasteiger partial charge is 0.462 e. The summed E-state index contributed by atoms with van der Waals surface area (Å²) in [5.41, 5.74) is 0.151. The number of nitrogens with zero attached hydrogens (tertiary/aromatic N) is 2. The van der Waals surface area contributed by atoms with Gasteiger partial charge in [-0.1, -0.05) is 0 Å². The van der Waals surface area contributed by atoms with Gasteiger partial charge in [-0.2, -0.15) is 4.37 Å². The molecule has 0 amide bonds. The molecule has 2 aromatic heterocycles. The molecule has 6 nitrogen and oxygen atoms in total. The first kappa shape index (κ1) is 10.7. The van der Waals surface area contributed by atoms with Crippen LogP contribution in [-0.4, -0.2) is 26.9 Å². The molecule has 7 heteroatoms. The van der Waals surface area contributed by atoms with Crippen LogP contribution in [0.15, 0.2) is 4.79 Å². The van der Waals surface area contributed by atoms with Gasteiger partial charge in [-0.15, -0.1) is 0 Å². The van der Waals surface area contributed by atoms with E-state index in [9.17, 15) is 9.59 Å². The van der Waals surface area contributed by atoms with E-state index in [1.807, 2.05) is 0 Å². The fourth-order valence-electron chi connectivity index (χ4n) is 1.29. The van der Waals surface area contributed by atoms with Crippen LogP contribution >= 0.6 is 11.5 Å². The molecule has 2 rings (SSSR count). The average Bonchev–Trinajstić information content (AvgIpc) is 2.61. The number of fused-ring (bicyclic) bond motifs is 1. The highest BCUT2D eigenvalue weighted by molar-refractivity contribution is 7.09. The molecule has 0 aliphatic heterocycles. The zero-order valence-electron chi connectivity index (χ0n) is 8.73. The van der Waals surface area contributed by atoms with E-state index in [1.165, 1.54) is 0 Å². The van der Waals surface area contributed by atoms with Crippen molar-refractivity contribution in [2.75, 3.05) is 6.61 Å². The zero-order chi connectivity index (χ0) is 11.7. The molecule has 0 spiro atoms. The Bertz CT molecular complexity index is 602. The topological polar surface area (TPSA) is 84.9 Å². The van der Waals surface area contributed by atoms with E-state index in [4.69, 9.17) is 4.74 Å². The first-order valence-electron chi connectivity index (χ1n) is 4.67. The van der Waals surface area contributed by atoms with Gasteiger partial charge in [-0.25, -0.2) is 9.78 Å². The second kappa shape index (κ2) is 4.01. The van der Waals surface area contributed by atoms with Crippen LogP contribution in [0.5, 0.6) is 0 Å². The monoisotopic (exact) mass is 239 g/mol. The molecule has 1 N–H and O–H groups in total. The van der Waals surface area contributed by atoms with Crippen LogP contribution in [0.2, 0.25) is 0 Å². The average molecular weight is 239 g/mol. The fraction of sp³-hybridized carbons (Fsp3) is 0.333. The van der Waals surface area contributed by atoms with Crippen LogP contribution in [0.25, 0.3) is 11.0 Å². The molecule has 0 radical (unpaired) electrons. The molecule has 0 saturated heterocycles. The molecule has 0 fully saturated rings. The van der Waals surface area contributed by atoms with E-state index in [2.05, 4.69) is 14.3 Å². The third kappa shape index (κ3) is 1.69. The standard InChI is InChI=1S/C9H9N3O3S/c1-3-15-9(14)7-5-6(12-16-7)8(13)11-4(2)10-5/h3H2,1-2H3,(H,10,11,13). The van der Waals surface area contributed by atoms with Crippen LogP contribution in [0, 0.1) is 6.92 Å². The highest BCUT2D eigenvalue weighted by atomic mass is 32.1. The number of hydrogen-bond acceptors (Lipinski definition) is 6. The zero-order valence-corrected chi connectivity index (χ0v) is 9.55. The lowest BCUT2D eigenvalue weighted by atomic mass is 10.3. The van der Waals surface area contributed by atoms with Crippen molar-refractivity contribution in [2.24, 2.45) is 0 Å². The second-order valence-corrected chi connectivity index (χ2v) is 3.85. The molecule has 2 aromatic rings. The number of rotatable bonds is 2. The minimum atomic E-state index is -0.493. The van der Waals surface area contributed by atoms with Gasteiger partial charge in [0, 0.05) is 0 Å². The van der Waals surface area contributed by atoms with Gasteiger partial charge in [0.25, 0.3) is 5.56 Å². The predicted molar refractivity (Wildman–Crippen MR) is 58.7 cm³/mol. The van der Waals surface area contributed by atoms with Gasteiger partial charge < -0.3 is 9.72 Å².